The van der Waals surface area contributed by atoms with Crippen molar-refractivity contribution in [1.82, 2.24) is 19.6 Å². The molecule has 2 aliphatic rings. The summed E-state index contributed by atoms with van der Waals surface area (Å²) in [7, 11) is 0. The first-order chi connectivity index (χ1) is 14.4. The van der Waals surface area contributed by atoms with Crippen LogP contribution in [-0.4, -0.2) is 57.6 Å². The second kappa shape index (κ2) is 8.64. The third-order valence-corrected chi connectivity index (χ3v) is 6.18. The lowest BCUT2D eigenvalue weighted by Gasteiger charge is -2.34. The second-order valence-corrected chi connectivity index (χ2v) is 8.55. The van der Waals surface area contributed by atoms with E-state index >= 15 is 0 Å². The molecule has 0 radical (unpaired) electrons. The third-order valence-electron chi connectivity index (χ3n) is 5.78. The molecule has 0 atom stereocenters. The molecule has 0 N–H and O–H groups in total. The van der Waals surface area contributed by atoms with E-state index in [0.29, 0.717) is 37.9 Å². The first-order valence-corrected chi connectivity index (χ1v) is 10.8. The number of aryl methyl sites for hydroxylation is 2. The number of amides is 2. The van der Waals surface area contributed by atoms with Crippen LogP contribution in [0.3, 0.4) is 0 Å². The average Bonchev–Trinajstić information content (AvgIpc) is 3.56. The zero-order chi connectivity index (χ0) is 21.3. The van der Waals surface area contributed by atoms with Crippen LogP contribution >= 0.6 is 11.6 Å². The molecule has 1 saturated heterocycles. The number of aromatic nitrogens is 2. The fourth-order valence-corrected chi connectivity index (χ4v) is 4.02. The lowest BCUT2D eigenvalue weighted by atomic mass is 10.1. The van der Waals surface area contributed by atoms with Crippen LogP contribution in [0.2, 0.25) is 5.15 Å². The van der Waals surface area contributed by atoms with Crippen LogP contribution in [0.5, 0.6) is 0 Å². The van der Waals surface area contributed by atoms with Gasteiger partial charge in [0.25, 0.3) is 0 Å². The summed E-state index contributed by atoms with van der Waals surface area (Å²) >= 11 is 6.55. The van der Waals surface area contributed by atoms with Gasteiger partial charge in [0.15, 0.2) is 0 Å². The molecule has 30 heavy (non-hydrogen) atoms. The lowest BCUT2D eigenvalue weighted by Crippen LogP contribution is -2.50. The predicted octanol–water partition coefficient (Wildman–Crippen LogP) is 3.30. The van der Waals surface area contributed by atoms with Crippen molar-refractivity contribution >= 4 is 29.5 Å². The zero-order valence-corrected chi connectivity index (χ0v) is 18.2. The highest BCUT2D eigenvalue weighted by Crippen LogP contribution is 2.31. The van der Waals surface area contributed by atoms with E-state index in [1.807, 2.05) is 11.8 Å². The molecular weight excluding hydrogens is 400 g/mol. The first-order valence-electron chi connectivity index (χ1n) is 10.5. The maximum absolute atomic E-state index is 12.6. The number of hydrogen-bond donors (Lipinski definition) is 0. The molecule has 1 aromatic carbocycles. The summed E-state index contributed by atoms with van der Waals surface area (Å²) in [4.78, 5) is 28.4. The fourth-order valence-electron chi connectivity index (χ4n) is 3.72. The highest BCUT2D eigenvalue weighted by molar-refractivity contribution is 6.31. The highest BCUT2D eigenvalue weighted by Gasteiger charge is 2.34. The molecule has 0 unspecified atom stereocenters. The zero-order valence-electron chi connectivity index (χ0n) is 17.5. The summed E-state index contributed by atoms with van der Waals surface area (Å²) in [6, 6.07) is 8.26. The quantitative estimate of drug-likeness (QED) is 0.689. The van der Waals surface area contributed by atoms with Gasteiger partial charge in [-0.2, -0.15) is 5.10 Å². The Morgan fingerprint density at radius 1 is 1.07 bits per heavy atom. The fraction of sp³-hybridized carbons (Fsp3) is 0.435. The number of carbonyl (C=O) groups excluding carboxylic acids is 2. The van der Waals surface area contributed by atoms with E-state index in [4.69, 9.17) is 11.6 Å². The van der Waals surface area contributed by atoms with E-state index in [2.05, 4.69) is 36.3 Å². The number of halogens is 1. The summed E-state index contributed by atoms with van der Waals surface area (Å²) in [5.41, 5.74) is 3.88. The Balaban J connectivity index is 1.37. The van der Waals surface area contributed by atoms with Gasteiger partial charge in [0.2, 0.25) is 11.8 Å². The van der Waals surface area contributed by atoms with Gasteiger partial charge in [0.1, 0.15) is 5.15 Å². The SMILES string of the molecule is Cc1ccc(Cn2nc(C)c(C=CC(=O)N3CCN(C(=O)C4CC4)CC3)c2Cl)cc1. The molecule has 4 rings (SSSR count). The highest BCUT2D eigenvalue weighted by atomic mass is 35.5. The van der Waals surface area contributed by atoms with Crippen molar-refractivity contribution in [2.24, 2.45) is 5.92 Å². The van der Waals surface area contributed by atoms with Gasteiger partial charge in [-0.3, -0.25) is 9.59 Å². The molecule has 6 nitrogen and oxygen atoms in total. The summed E-state index contributed by atoms with van der Waals surface area (Å²) in [6.45, 7) is 6.90. The van der Waals surface area contributed by atoms with E-state index in [0.717, 1.165) is 29.7 Å². The van der Waals surface area contributed by atoms with Crippen molar-refractivity contribution in [3.8, 4) is 0 Å². The van der Waals surface area contributed by atoms with Crippen molar-refractivity contribution < 1.29 is 9.59 Å². The summed E-state index contributed by atoms with van der Waals surface area (Å²) in [5, 5.41) is 5.06. The molecule has 0 spiro atoms. The van der Waals surface area contributed by atoms with Crippen LogP contribution in [-0.2, 0) is 16.1 Å². The Labute approximate surface area is 182 Å². The summed E-state index contributed by atoms with van der Waals surface area (Å²) < 4.78 is 1.76. The van der Waals surface area contributed by atoms with Gasteiger partial charge in [-0.05, 0) is 38.3 Å². The molecule has 2 amide bonds. The minimum Gasteiger partial charge on any atom is -0.339 e. The van der Waals surface area contributed by atoms with E-state index in [1.165, 1.54) is 5.56 Å². The molecule has 1 aromatic heterocycles. The van der Waals surface area contributed by atoms with Crippen molar-refractivity contribution in [2.45, 2.75) is 33.2 Å². The Hall–Kier alpha value is -2.60. The maximum atomic E-state index is 12.6. The van der Waals surface area contributed by atoms with Crippen LogP contribution in [0.25, 0.3) is 6.08 Å². The third kappa shape index (κ3) is 4.59. The minimum atomic E-state index is -0.0599. The van der Waals surface area contributed by atoms with Crippen molar-refractivity contribution in [3.63, 3.8) is 0 Å². The van der Waals surface area contributed by atoms with E-state index in [1.54, 1.807) is 21.7 Å². The number of nitrogens with zero attached hydrogens (tertiary/aromatic N) is 4. The molecule has 1 saturated carbocycles. The van der Waals surface area contributed by atoms with E-state index < -0.39 is 0 Å². The molecular formula is C23H27ClN4O2. The molecule has 1 aliphatic heterocycles. The van der Waals surface area contributed by atoms with Gasteiger partial charge in [0, 0.05) is 43.7 Å². The second-order valence-electron chi connectivity index (χ2n) is 8.19. The van der Waals surface area contributed by atoms with Crippen LogP contribution in [0.15, 0.2) is 30.3 Å². The van der Waals surface area contributed by atoms with Gasteiger partial charge >= 0.3 is 0 Å². The number of piperazine rings is 1. The monoisotopic (exact) mass is 426 g/mol. The minimum absolute atomic E-state index is 0.0599. The van der Waals surface area contributed by atoms with Crippen molar-refractivity contribution in [1.29, 1.82) is 0 Å². The molecule has 1 aliphatic carbocycles. The lowest BCUT2D eigenvalue weighted by molar-refractivity contribution is -0.138. The largest absolute Gasteiger partial charge is 0.339 e. The normalized spacial score (nSPS) is 17.0. The molecule has 2 aromatic rings. The molecule has 7 heteroatoms. The van der Waals surface area contributed by atoms with Gasteiger partial charge in [0.05, 0.1) is 12.2 Å². The van der Waals surface area contributed by atoms with Gasteiger partial charge in [-0.15, -0.1) is 0 Å². The average molecular weight is 427 g/mol. The standard InChI is InChI=1S/C23H27ClN4O2/c1-16-3-5-18(6-4-16)15-28-22(24)20(17(2)25-28)9-10-21(29)26-11-13-27(14-12-26)23(30)19-7-8-19/h3-6,9-10,19H,7-8,11-15H2,1-2H3. The Kier molecular flexibility index (Phi) is 5.95. The van der Waals surface area contributed by atoms with Crippen molar-refractivity contribution in [3.05, 3.63) is 57.9 Å². The molecule has 0 bridgehead atoms. The Morgan fingerprint density at radius 3 is 2.33 bits per heavy atom. The van der Waals surface area contributed by atoms with Gasteiger partial charge < -0.3 is 9.80 Å². The Bertz CT molecular complexity index is 968. The van der Waals surface area contributed by atoms with Crippen LogP contribution < -0.4 is 0 Å². The van der Waals surface area contributed by atoms with Crippen molar-refractivity contribution in [2.75, 3.05) is 26.2 Å². The van der Waals surface area contributed by atoms with Crippen LogP contribution in [0.4, 0.5) is 0 Å². The van der Waals surface area contributed by atoms with Gasteiger partial charge in [-0.25, -0.2) is 4.68 Å². The molecule has 2 fully saturated rings. The van der Waals surface area contributed by atoms with E-state index in [9.17, 15) is 9.59 Å². The number of carbonyl (C=O) groups is 2. The summed E-state index contributed by atoms with van der Waals surface area (Å²) in [6.07, 6.45) is 5.34. The maximum Gasteiger partial charge on any atom is 0.246 e. The van der Waals surface area contributed by atoms with Crippen LogP contribution in [0.1, 0.15) is 35.2 Å². The van der Waals surface area contributed by atoms with Crippen LogP contribution in [0, 0.1) is 19.8 Å². The van der Waals surface area contributed by atoms with Gasteiger partial charge in [-0.1, -0.05) is 41.4 Å². The molecule has 2 heterocycles. The smallest absolute Gasteiger partial charge is 0.246 e. The first kappa shape index (κ1) is 20.7. The topological polar surface area (TPSA) is 58.4 Å². The molecule has 158 valence electrons. The Morgan fingerprint density at radius 2 is 1.70 bits per heavy atom. The predicted molar refractivity (Wildman–Crippen MR) is 117 cm³/mol. The van der Waals surface area contributed by atoms with E-state index in [-0.39, 0.29) is 17.7 Å². The number of benzene rings is 1. The number of hydrogen-bond acceptors (Lipinski definition) is 3. The summed E-state index contributed by atoms with van der Waals surface area (Å²) in [5.74, 6) is 0.421. The number of rotatable bonds is 5.